The number of carbonyl (C=O) groups excluding carboxylic acids is 2. The van der Waals surface area contributed by atoms with Gasteiger partial charge in [0.25, 0.3) is 0 Å². The molecule has 3 amide bonds. The smallest absolute Gasteiger partial charge is 0.245 e. The normalized spacial score (nSPS) is 28.5. The Morgan fingerprint density at radius 2 is 1.91 bits per heavy atom. The van der Waals surface area contributed by atoms with E-state index in [9.17, 15) is 18.0 Å². The third-order valence-electron chi connectivity index (χ3n) is 4.71. The number of urea groups is 1. The molecule has 0 aromatic heterocycles. The maximum Gasteiger partial charge on any atom is 0.500 e. The van der Waals surface area contributed by atoms with Crippen molar-refractivity contribution in [1.29, 1.82) is 0 Å². The number of hydrogen-bond acceptors (Lipinski definition) is 4. The summed E-state index contributed by atoms with van der Waals surface area (Å²) in [5.74, 6) is -0.666. The molecule has 22 heavy (non-hydrogen) atoms. The van der Waals surface area contributed by atoms with Gasteiger partial charge in [-0.1, -0.05) is 13.3 Å². The molecule has 1 saturated heterocycles. The highest BCUT2D eigenvalue weighted by Crippen LogP contribution is 2.27. The number of amides is 3. The molecule has 0 bridgehead atoms. The highest BCUT2D eigenvalue weighted by Gasteiger charge is 2.52. The lowest BCUT2D eigenvalue weighted by molar-refractivity contribution is -0.405. The largest absolute Gasteiger partial charge is 0.500 e. The molecular formula is C14H24N3O4S+. The van der Waals surface area contributed by atoms with E-state index in [0.29, 0.717) is 6.54 Å². The number of piperidine rings is 1. The first-order chi connectivity index (χ1) is 10.2. The van der Waals surface area contributed by atoms with Gasteiger partial charge in [0.1, 0.15) is 5.71 Å². The molecule has 7 nitrogen and oxygen atoms in total. The van der Waals surface area contributed by atoms with Crippen LogP contribution in [0, 0.1) is 0 Å². The van der Waals surface area contributed by atoms with Gasteiger partial charge < -0.3 is 0 Å². The fourth-order valence-corrected chi connectivity index (χ4v) is 5.52. The van der Waals surface area contributed by atoms with Crippen LogP contribution in [0.2, 0.25) is 0 Å². The van der Waals surface area contributed by atoms with E-state index in [2.05, 4.69) is 0 Å². The van der Waals surface area contributed by atoms with Gasteiger partial charge in [0.15, 0.2) is 0 Å². The van der Waals surface area contributed by atoms with Crippen LogP contribution in [-0.2, 0) is 14.8 Å². The third-order valence-corrected chi connectivity index (χ3v) is 6.98. The van der Waals surface area contributed by atoms with Gasteiger partial charge in [0.2, 0.25) is 15.3 Å². The van der Waals surface area contributed by atoms with Gasteiger partial charge in [0, 0.05) is 12.6 Å². The Balaban J connectivity index is 2.48. The van der Waals surface area contributed by atoms with Crippen LogP contribution in [0.25, 0.3) is 0 Å². The van der Waals surface area contributed by atoms with Crippen LogP contribution < -0.4 is 0 Å². The minimum absolute atomic E-state index is 0.0624. The van der Waals surface area contributed by atoms with E-state index in [1.807, 2.05) is 6.92 Å². The highest BCUT2D eigenvalue weighted by atomic mass is 32.2. The Hall–Kier alpha value is -1.28. The monoisotopic (exact) mass is 330 g/mol. The minimum atomic E-state index is -3.82. The summed E-state index contributed by atoms with van der Waals surface area (Å²) in [5.41, 5.74) is 0.272. The van der Waals surface area contributed by atoms with E-state index in [-0.39, 0.29) is 11.8 Å². The number of imide groups is 1. The van der Waals surface area contributed by atoms with Crippen LogP contribution in [0.4, 0.5) is 4.79 Å². The molecule has 2 aliphatic rings. The van der Waals surface area contributed by atoms with Gasteiger partial charge >= 0.3 is 11.9 Å². The topological polar surface area (TPSA) is 77.8 Å². The molecule has 2 rings (SSSR count). The number of sulfonamides is 1. The van der Waals surface area contributed by atoms with Crippen molar-refractivity contribution in [1.82, 2.24) is 9.21 Å². The van der Waals surface area contributed by atoms with Gasteiger partial charge in [-0.05, 0) is 26.2 Å². The standard InChI is InChI=1S/C14H24N3O4S/c1-5-11-8-6-7-9-17(11)22(20,21)12-10(2)15(3)14(19)16(4)13(12)18/h11-12H,5-9H2,1-4H3/q+1. The minimum Gasteiger partial charge on any atom is -0.245 e. The number of rotatable bonds is 3. The molecule has 0 radical (unpaired) electrons. The average molecular weight is 330 g/mol. The van der Waals surface area contributed by atoms with Crippen LogP contribution in [0.15, 0.2) is 0 Å². The molecule has 1 fully saturated rings. The predicted molar refractivity (Wildman–Crippen MR) is 82.4 cm³/mol. The van der Waals surface area contributed by atoms with E-state index < -0.39 is 27.2 Å². The Labute approximate surface area is 131 Å². The molecule has 0 N–H and O–H groups in total. The summed E-state index contributed by atoms with van der Waals surface area (Å²) in [6.07, 6.45) is 3.36. The van der Waals surface area contributed by atoms with Crippen molar-refractivity contribution < 1.29 is 22.6 Å². The molecule has 0 spiro atoms. The summed E-state index contributed by atoms with van der Waals surface area (Å²) in [6.45, 7) is 3.94. The molecule has 0 saturated carbocycles. The van der Waals surface area contributed by atoms with Crippen LogP contribution in [0.1, 0.15) is 39.5 Å². The van der Waals surface area contributed by atoms with Crippen molar-refractivity contribution in [3.05, 3.63) is 0 Å². The predicted octanol–water partition coefficient (Wildman–Crippen LogP) is 0.645. The fourth-order valence-electron chi connectivity index (χ4n) is 3.20. The van der Waals surface area contributed by atoms with E-state index in [0.717, 1.165) is 30.6 Å². The molecular weight excluding hydrogens is 306 g/mol. The first-order valence-electron chi connectivity index (χ1n) is 7.62. The molecule has 8 heteroatoms. The molecule has 0 aromatic rings. The summed E-state index contributed by atoms with van der Waals surface area (Å²) in [4.78, 5) is 25.2. The van der Waals surface area contributed by atoms with E-state index >= 15 is 0 Å². The van der Waals surface area contributed by atoms with Crippen molar-refractivity contribution in [3.63, 3.8) is 0 Å². The Kier molecular flexibility index (Phi) is 4.72. The summed E-state index contributed by atoms with van der Waals surface area (Å²) in [6, 6.07) is -0.563. The van der Waals surface area contributed by atoms with Crippen molar-refractivity contribution in [2.24, 2.45) is 0 Å². The van der Waals surface area contributed by atoms with Crippen molar-refractivity contribution >= 4 is 27.7 Å². The quantitative estimate of drug-likeness (QED) is 0.712. The number of nitrogens with zero attached hydrogens (tertiary/aromatic N) is 3. The summed E-state index contributed by atoms with van der Waals surface area (Å²) >= 11 is 0. The summed E-state index contributed by atoms with van der Waals surface area (Å²) in [5, 5.41) is -1.30. The lowest BCUT2D eigenvalue weighted by Gasteiger charge is -2.36. The van der Waals surface area contributed by atoms with Gasteiger partial charge in [-0.3, -0.25) is 0 Å². The highest BCUT2D eigenvalue weighted by molar-refractivity contribution is 7.91. The molecule has 124 valence electrons. The van der Waals surface area contributed by atoms with Crippen molar-refractivity contribution in [3.8, 4) is 0 Å². The molecule has 0 aliphatic carbocycles. The third kappa shape index (κ3) is 2.58. The van der Waals surface area contributed by atoms with E-state index in [1.54, 1.807) is 0 Å². The van der Waals surface area contributed by atoms with Gasteiger partial charge in [-0.25, -0.2) is 13.2 Å². The van der Waals surface area contributed by atoms with Crippen molar-refractivity contribution in [2.75, 3.05) is 20.6 Å². The molecule has 0 aromatic carbocycles. The molecule has 2 unspecified atom stereocenters. The van der Waals surface area contributed by atoms with E-state index in [1.165, 1.54) is 29.9 Å². The first-order valence-corrected chi connectivity index (χ1v) is 9.13. The summed E-state index contributed by atoms with van der Waals surface area (Å²) in [7, 11) is -1.00. The number of hydrogen-bond donors (Lipinski definition) is 0. The van der Waals surface area contributed by atoms with Gasteiger partial charge in [0.05, 0.1) is 14.1 Å². The van der Waals surface area contributed by atoms with Crippen molar-refractivity contribution in [2.45, 2.75) is 50.8 Å². The SMILES string of the molecule is CCC1CCCCN1S(=O)(=O)C1C(=O)N(C)C(=O)[N+](C)=C1C. The lowest BCUT2D eigenvalue weighted by atomic mass is 10.0. The summed E-state index contributed by atoms with van der Waals surface area (Å²) < 4.78 is 28.8. The van der Waals surface area contributed by atoms with Crippen LogP contribution >= 0.6 is 0 Å². The zero-order valence-electron chi connectivity index (χ0n) is 13.6. The van der Waals surface area contributed by atoms with Gasteiger partial charge in [-0.15, -0.1) is 0 Å². The second-order valence-electron chi connectivity index (χ2n) is 5.97. The average Bonchev–Trinajstić information content (AvgIpc) is 2.50. The molecule has 2 heterocycles. The Morgan fingerprint density at radius 1 is 1.27 bits per heavy atom. The maximum atomic E-state index is 13.0. The fraction of sp³-hybridized carbons (Fsp3) is 0.786. The first kappa shape index (κ1) is 17.1. The van der Waals surface area contributed by atoms with Crippen LogP contribution in [0.5, 0.6) is 0 Å². The second kappa shape index (κ2) is 6.08. The van der Waals surface area contributed by atoms with Crippen LogP contribution in [0.3, 0.4) is 0 Å². The second-order valence-corrected chi connectivity index (χ2v) is 7.94. The number of carbonyl (C=O) groups is 2. The molecule has 2 aliphatic heterocycles. The lowest BCUT2D eigenvalue weighted by Crippen LogP contribution is -2.60. The van der Waals surface area contributed by atoms with Gasteiger partial charge in [-0.2, -0.15) is 18.6 Å². The zero-order chi connectivity index (χ0) is 16.7. The van der Waals surface area contributed by atoms with E-state index in [4.69, 9.17) is 0 Å². The maximum absolute atomic E-state index is 13.0. The Morgan fingerprint density at radius 3 is 2.50 bits per heavy atom. The molecule has 2 atom stereocenters. The Bertz CT molecular complexity index is 626. The zero-order valence-corrected chi connectivity index (χ0v) is 14.4. The van der Waals surface area contributed by atoms with Crippen LogP contribution in [-0.4, -0.2) is 71.8 Å².